The molecular weight excluding hydrogens is 484 g/mol. The topological polar surface area (TPSA) is 136 Å². The predicted octanol–water partition coefficient (Wildman–Crippen LogP) is 3.70. The number of nitro groups is 1. The van der Waals surface area contributed by atoms with Crippen molar-refractivity contribution < 1.29 is 24.3 Å². The number of carbonyl (C=O) groups is 1. The maximum absolute atomic E-state index is 12.8. The summed E-state index contributed by atoms with van der Waals surface area (Å²) >= 11 is 1.62. The standard InChI is InChI=1S/C25H26N4O6S/c30-15-17-3-5-18(6-4-17)16-34-24-13-19(22-2-1-11-36-22)12-21(35-24)25(31)27-10-9-26-23-8-7-20(14-28-23)29(32)33/h1-8,11-12,14,19,24,30H,9-10,13,15-16H2,(H,26,28)(H,27,31)/t19-,24+/m0/s1. The minimum atomic E-state index is -0.595. The van der Waals surface area contributed by atoms with Gasteiger partial charge in [0.1, 0.15) is 12.0 Å². The number of nitrogens with one attached hydrogen (secondary N) is 2. The van der Waals surface area contributed by atoms with Gasteiger partial charge in [0.05, 0.1) is 18.1 Å². The Kier molecular flexibility index (Phi) is 8.61. The molecule has 0 radical (unpaired) electrons. The largest absolute Gasteiger partial charge is 0.459 e. The van der Waals surface area contributed by atoms with Crippen LogP contribution < -0.4 is 10.6 Å². The molecule has 3 heterocycles. The van der Waals surface area contributed by atoms with Crippen molar-refractivity contribution in [2.45, 2.75) is 31.8 Å². The van der Waals surface area contributed by atoms with Crippen molar-refractivity contribution >= 4 is 28.7 Å². The van der Waals surface area contributed by atoms with Gasteiger partial charge in [-0.1, -0.05) is 30.3 Å². The molecule has 0 bridgehead atoms. The Morgan fingerprint density at radius 1 is 1.19 bits per heavy atom. The summed E-state index contributed by atoms with van der Waals surface area (Å²) < 4.78 is 11.9. The highest BCUT2D eigenvalue weighted by molar-refractivity contribution is 7.10. The number of aliphatic hydroxyl groups excluding tert-OH is 1. The summed E-state index contributed by atoms with van der Waals surface area (Å²) in [5, 5.41) is 27.7. The second-order valence-corrected chi connectivity index (χ2v) is 9.04. The summed E-state index contributed by atoms with van der Waals surface area (Å²) in [4.78, 5) is 28.1. The molecule has 36 heavy (non-hydrogen) atoms. The number of aromatic nitrogens is 1. The van der Waals surface area contributed by atoms with Crippen LogP contribution in [-0.4, -0.2) is 40.3 Å². The number of ether oxygens (including phenoxy) is 2. The molecule has 188 valence electrons. The van der Waals surface area contributed by atoms with E-state index in [4.69, 9.17) is 9.47 Å². The number of rotatable bonds is 11. The maximum Gasteiger partial charge on any atom is 0.287 e. The maximum atomic E-state index is 12.8. The third-order valence-electron chi connectivity index (χ3n) is 5.51. The average Bonchev–Trinajstić information content (AvgIpc) is 3.45. The Morgan fingerprint density at radius 3 is 2.67 bits per heavy atom. The summed E-state index contributed by atoms with van der Waals surface area (Å²) in [6, 6.07) is 14.3. The molecule has 3 N–H and O–H groups in total. The Bertz CT molecular complexity index is 1180. The van der Waals surface area contributed by atoms with Crippen LogP contribution in [0.15, 0.2) is 71.9 Å². The van der Waals surface area contributed by atoms with Crippen LogP contribution in [0.5, 0.6) is 0 Å². The van der Waals surface area contributed by atoms with Crippen molar-refractivity contribution in [1.82, 2.24) is 10.3 Å². The zero-order valence-electron chi connectivity index (χ0n) is 19.3. The van der Waals surface area contributed by atoms with Gasteiger partial charge in [0.2, 0.25) is 6.29 Å². The fraction of sp³-hybridized carbons (Fsp3) is 0.280. The van der Waals surface area contributed by atoms with Gasteiger partial charge in [-0.15, -0.1) is 11.3 Å². The molecular formula is C25H26N4O6S. The highest BCUT2D eigenvalue weighted by Crippen LogP contribution is 2.34. The van der Waals surface area contributed by atoms with Gasteiger partial charge < -0.3 is 25.2 Å². The van der Waals surface area contributed by atoms with Crippen LogP contribution in [0.3, 0.4) is 0 Å². The second-order valence-electron chi connectivity index (χ2n) is 8.06. The van der Waals surface area contributed by atoms with Crippen molar-refractivity contribution in [2.24, 2.45) is 0 Å². The quantitative estimate of drug-likeness (QED) is 0.202. The van der Waals surface area contributed by atoms with Crippen molar-refractivity contribution in [3.8, 4) is 0 Å². The van der Waals surface area contributed by atoms with Crippen molar-refractivity contribution in [1.29, 1.82) is 0 Å². The number of thiophene rings is 1. The van der Waals surface area contributed by atoms with E-state index < -0.39 is 11.2 Å². The Morgan fingerprint density at radius 2 is 2.00 bits per heavy atom. The SMILES string of the molecule is O=C(NCCNc1ccc([N+](=O)[O-])cn1)C1=C[C@H](c2cccs2)C[C@H](OCc2ccc(CO)cc2)O1. The number of nitrogens with zero attached hydrogens (tertiary/aromatic N) is 2. The molecule has 0 saturated carbocycles. The lowest BCUT2D eigenvalue weighted by molar-refractivity contribution is -0.385. The first kappa shape index (κ1) is 25.3. The molecule has 2 aromatic heterocycles. The van der Waals surface area contributed by atoms with Crippen LogP contribution in [0.1, 0.15) is 28.3 Å². The molecule has 1 amide bonds. The first-order valence-corrected chi connectivity index (χ1v) is 12.2. The summed E-state index contributed by atoms with van der Waals surface area (Å²) in [6.07, 6.45) is 2.98. The van der Waals surface area contributed by atoms with E-state index >= 15 is 0 Å². The molecule has 4 rings (SSSR count). The van der Waals surface area contributed by atoms with Gasteiger partial charge in [-0.05, 0) is 34.7 Å². The first-order chi connectivity index (χ1) is 17.5. The van der Waals surface area contributed by atoms with Gasteiger partial charge in [0, 0.05) is 36.4 Å². The number of carbonyl (C=O) groups excluding carboxylic acids is 1. The smallest absolute Gasteiger partial charge is 0.287 e. The molecule has 3 aromatic rings. The van der Waals surface area contributed by atoms with Gasteiger partial charge in [-0.3, -0.25) is 14.9 Å². The fourth-order valence-corrected chi connectivity index (χ4v) is 4.41. The van der Waals surface area contributed by atoms with E-state index in [1.54, 1.807) is 11.3 Å². The van der Waals surface area contributed by atoms with Crippen LogP contribution in [0.2, 0.25) is 0 Å². The molecule has 2 atom stereocenters. The van der Waals surface area contributed by atoms with E-state index in [1.165, 1.54) is 18.3 Å². The van der Waals surface area contributed by atoms with E-state index in [1.807, 2.05) is 47.9 Å². The van der Waals surface area contributed by atoms with E-state index in [0.717, 1.165) is 16.0 Å². The van der Waals surface area contributed by atoms with Crippen LogP contribution >= 0.6 is 11.3 Å². The number of allylic oxidation sites excluding steroid dienone is 1. The highest BCUT2D eigenvalue weighted by Gasteiger charge is 2.29. The third-order valence-corrected chi connectivity index (χ3v) is 6.51. The zero-order chi connectivity index (χ0) is 25.3. The Labute approximate surface area is 211 Å². The summed E-state index contributed by atoms with van der Waals surface area (Å²) in [5.74, 6) is 0.314. The van der Waals surface area contributed by atoms with Crippen LogP contribution in [0, 0.1) is 10.1 Å². The lowest BCUT2D eigenvalue weighted by Crippen LogP contribution is -2.35. The van der Waals surface area contributed by atoms with Crippen LogP contribution in [-0.2, 0) is 27.5 Å². The number of aliphatic hydroxyl groups is 1. The number of pyridine rings is 1. The Balaban J connectivity index is 1.32. The van der Waals surface area contributed by atoms with Gasteiger partial charge in [-0.2, -0.15) is 0 Å². The first-order valence-electron chi connectivity index (χ1n) is 11.4. The number of hydrogen-bond donors (Lipinski definition) is 3. The summed E-state index contributed by atoms with van der Waals surface area (Å²) in [5.41, 5.74) is 1.68. The van der Waals surface area contributed by atoms with E-state index in [0.29, 0.717) is 31.9 Å². The van der Waals surface area contributed by atoms with Crippen molar-refractivity contribution in [2.75, 3.05) is 18.4 Å². The lowest BCUT2D eigenvalue weighted by atomic mass is 9.99. The van der Waals surface area contributed by atoms with Gasteiger partial charge in [0.25, 0.3) is 11.6 Å². The number of hydrogen-bond acceptors (Lipinski definition) is 9. The average molecular weight is 511 g/mol. The number of anilines is 1. The van der Waals surface area contributed by atoms with Crippen molar-refractivity contribution in [3.63, 3.8) is 0 Å². The monoisotopic (exact) mass is 510 g/mol. The molecule has 1 aromatic carbocycles. The lowest BCUT2D eigenvalue weighted by Gasteiger charge is -2.28. The Hall–Kier alpha value is -3.80. The summed E-state index contributed by atoms with van der Waals surface area (Å²) in [6.45, 7) is 0.972. The van der Waals surface area contributed by atoms with E-state index in [-0.39, 0.29) is 29.9 Å². The second kappa shape index (κ2) is 12.2. The molecule has 0 saturated heterocycles. The van der Waals surface area contributed by atoms with Crippen molar-refractivity contribution in [3.05, 3.63) is 98.1 Å². The van der Waals surface area contributed by atoms with Gasteiger partial charge >= 0.3 is 0 Å². The van der Waals surface area contributed by atoms with Gasteiger partial charge in [0.15, 0.2) is 5.76 Å². The number of amides is 1. The van der Waals surface area contributed by atoms with Crippen LogP contribution in [0.25, 0.3) is 0 Å². The van der Waals surface area contributed by atoms with Crippen LogP contribution in [0.4, 0.5) is 11.5 Å². The van der Waals surface area contributed by atoms with E-state index in [2.05, 4.69) is 15.6 Å². The molecule has 11 heteroatoms. The number of benzene rings is 1. The molecule has 0 unspecified atom stereocenters. The minimum Gasteiger partial charge on any atom is -0.459 e. The zero-order valence-corrected chi connectivity index (χ0v) is 20.1. The highest BCUT2D eigenvalue weighted by atomic mass is 32.1. The third kappa shape index (κ3) is 6.87. The molecule has 1 aliphatic rings. The fourth-order valence-electron chi connectivity index (χ4n) is 3.60. The predicted molar refractivity (Wildman–Crippen MR) is 134 cm³/mol. The normalized spacial score (nSPS) is 17.1. The molecule has 1 aliphatic heterocycles. The van der Waals surface area contributed by atoms with Gasteiger partial charge in [-0.25, -0.2) is 4.98 Å². The molecule has 0 fully saturated rings. The summed E-state index contributed by atoms with van der Waals surface area (Å²) in [7, 11) is 0. The minimum absolute atomic E-state index is 0.0105. The van der Waals surface area contributed by atoms with E-state index in [9.17, 15) is 20.0 Å². The molecule has 10 nitrogen and oxygen atoms in total. The molecule has 0 aliphatic carbocycles. The molecule has 0 spiro atoms.